The van der Waals surface area contributed by atoms with Crippen LogP contribution in [0.3, 0.4) is 0 Å². The van der Waals surface area contributed by atoms with Crippen molar-refractivity contribution in [1.82, 2.24) is 0 Å². The maximum Gasteiger partial charge on any atom is 0.137 e. The van der Waals surface area contributed by atoms with Gasteiger partial charge in [0, 0.05) is 17.0 Å². The number of ether oxygens (including phenoxy) is 2. The first-order chi connectivity index (χ1) is 14.3. The van der Waals surface area contributed by atoms with Gasteiger partial charge in [0.1, 0.15) is 22.8 Å². The first-order valence-corrected chi connectivity index (χ1v) is 9.66. The van der Waals surface area contributed by atoms with E-state index in [1.807, 2.05) is 73.7 Å². The Morgan fingerprint density at radius 3 is 2.34 bits per heavy atom. The number of fused-ring (bicyclic) bond motifs is 1. The van der Waals surface area contributed by atoms with Gasteiger partial charge in [0.25, 0.3) is 0 Å². The van der Waals surface area contributed by atoms with E-state index in [4.69, 9.17) is 18.9 Å². The lowest BCUT2D eigenvalue weighted by Crippen LogP contribution is -2.05. The molecule has 0 saturated heterocycles. The molecule has 4 aromatic rings. The van der Waals surface area contributed by atoms with E-state index in [-0.39, 0.29) is 0 Å². The molecule has 0 saturated carbocycles. The Bertz CT molecular complexity index is 1160. The molecule has 0 spiro atoms. The van der Waals surface area contributed by atoms with Gasteiger partial charge < -0.3 is 13.9 Å². The van der Waals surface area contributed by atoms with Crippen molar-refractivity contribution >= 4 is 11.0 Å². The maximum atomic E-state index is 6.19. The fraction of sp³-hybridized carbons (Fsp3) is 0.160. The van der Waals surface area contributed by atoms with Crippen molar-refractivity contribution in [3.05, 3.63) is 89.8 Å². The molecule has 29 heavy (non-hydrogen) atoms. The first-order valence-electron chi connectivity index (χ1n) is 9.66. The molecule has 0 radical (unpaired) electrons. The smallest absolute Gasteiger partial charge is 0.137 e. The number of nitrogens with zero attached hydrogens (tertiary/aromatic N) is 1. The normalized spacial score (nSPS) is 11.6. The Kier molecular flexibility index (Phi) is 5.61. The summed E-state index contributed by atoms with van der Waals surface area (Å²) in [4.78, 5) is 4.89. The van der Waals surface area contributed by atoms with Crippen LogP contribution in [0.15, 0.2) is 88.3 Å². The molecular weight excluding hydrogens is 362 g/mol. The lowest BCUT2D eigenvalue weighted by molar-refractivity contribution is 0.340. The van der Waals surface area contributed by atoms with Gasteiger partial charge in [-0.1, -0.05) is 30.3 Å². The van der Waals surface area contributed by atoms with Crippen LogP contribution in [0.4, 0.5) is 0 Å². The average molecular weight is 385 g/mol. The van der Waals surface area contributed by atoms with Crippen LogP contribution >= 0.6 is 0 Å². The lowest BCUT2D eigenvalue weighted by Gasteiger charge is -2.08. The molecule has 1 heterocycles. The Morgan fingerprint density at radius 1 is 0.862 bits per heavy atom. The van der Waals surface area contributed by atoms with Crippen LogP contribution < -0.4 is 14.8 Å². The second-order valence-electron chi connectivity index (χ2n) is 6.62. The molecule has 4 nitrogen and oxygen atoms in total. The largest absolute Gasteiger partial charge is 0.497 e. The highest BCUT2D eigenvalue weighted by atomic mass is 16.5. The molecule has 3 aromatic carbocycles. The summed E-state index contributed by atoms with van der Waals surface area (Å²) < 4.78 is 17.1. The summed E-state index contributed by atoms with van der Waals surface area (Å²) >= 11 is 0. The molecule has 0 aliphatic rings. The van der Waals surface area contributed by atoms with Gasteiger partial charge in [0.05, 0.1) is 25.6 Å². The van der Waals surface area contributed by atoms with E-state index in [1.54, 1.807) is 7.11 Å². The molecule has 0 unspecified atom stereocenters. The third-order valence-corrected chi connectivity index (χ3v) is 4.68. The molecule has 0 N–H and O–H groups in total. The zero-order valence-electron chi connectivity index (χ0n) is 16.6. The SMILES string of the molecule is CCOc1ccc2oc(-c3ccc(OC)cc3)cc(=NCc3ccccc3)c2c1. The Labute approximate surface area is 170 Å². The van der Waals surface area contributed by atoms with E-state index < -0.39 is 0 Å². The van der Waals surface area contributed by atoms with Gasteiger partial charge in [0.2, 0.25) is 0 Å². The fourth-order valence-corrected chi connectivity index (χ4v) is 3.19. The summed E-state index contributed by atoms with van der Waals surface area (Å²) in [6.45, 7) is 3.19. The highest BCUT2D eigenvalue weighted by Crippen LogP contribution is 2.26. The summed E-state index contributed by atoms with van der Waals surface area (Å²) in [7, 11) is 1.66. The number of methoxy groups -OCH3 is 1. The minimum absolute atomic E-state index is 0.598. The summed E-state index contributed by atoms with van der Waals surface area (Å²) in [5.41, 5.74) is 2.90. The monoisotopic (exact) mass is 385 g/mol. The van der Waals surface area contributed by atoms with Gasteiger partial charge in [0.15, 0.2) is 0 Å². The Hall–Kier alpha value is -3.53. The Morgan fingerprint density at radius 2 is 1.62 bits per heavy atom. The van der Waals surface area contributed by atoms with Crippen molar-refractivity contribution in [1.29, 1.82) is 0 Å². The molecule has 0 bridgehead atoms. The molecule has 4 heteroatoms. The van der Waals surface area contributed by atoms with Crippen molar-refractivity contribution in [3.8, 4) is 22.8 Å². The third kappa shape index (κ3) is 4.32. The predicted octanol–water partition coefficient (Wildman–Crippen LogP) is 5.61. The van der Waals surface area contributed by atoms with Gasteiger partial charge >= 0.3 is 0 Å². The summed E-state index contributed by atoms with van der Waals surface area (Å²) in [6.07, 6.45) is 0. The second kappa shape index (κ2) is 8.65. The molecule has 0 fully saturated rings. The van der Waals surface area contributed by atoms with Gasteiger partial charge in [-0.15, -0.1) is 0 Å². The summed E-state index contributed by atoms with van der Waals surface area (Å²) in [5.74, 6) is 2.38. The fourth-order valence-electron chi connectivity index (χ4n) is 3.19. The van der Waals surface area contributed by atoms with Crippen molar-refractivity contribution < 1.29 is 13.9 Å². The van der Waals surface area contributed by atoms with Crippen LogP contribution in [-0.4, -0.2) is 13.7 Å². The van der Waals surface area contributed by atoms with Crippen molar-refractivity contribution in [2.24, 2.45) is 4.99 Å². The lowest BCUT2D eigenvalue weighted by atomic mass is 10.1. The van der Waals surface area contributed by atoms with Crippen LogP contribution in [0, 0.1) is 0 Å². The van der Waals surface area contributed by atoms with E-state index in [0.717, 1.165) is 44.7 Å². The molecule has 146 valence electrons. The van der Waals surface area contributed by atoms with E-state index in [2.05, 4.69) is 12.1 Å². The summed E-state index contributed by atoms with van der Waals surface area (Å²) in [6, 6.07) is 25.9. The van der Waals surface area contributed by atoms with Crippen LogP contribution in [-0.2, 0) is 6.54 Å². The Balaban J connectivity index is 1.84. The number of benzene rings is 3. The molecule has 0 aliphatic heterocycles. The average Bonchev–Trinajstić information content (AvgIpc) is 2.78. The predicted molar refractivity (Wildman–Crippen MR) is 115 cm³/mol. The molecule has 4 rings (SSSR count). The topological polar surface area (TPSA) is 44.0 Å². The van der Waals surface area contributed by atoms with Crippen LogP contribution in [0.2, 0.25) is 0 Å². The molecule has 0 aliphatic carbocycles. The summed E-state index contributed by atoms with van der Waals surface area (Å²) in [5, 5.41) is 1.81. The van der Waals surface area contributed by atoms with Gasteiger partial charge in [-0.2, -0.15) is 0 Å². The zero-order valence-corrected chi connectivity index (χ0v) is 16.6. The minimum Gasteiger partial charge on any atom is -0.497 e. The molecule has 0 atom stereocenters. The highest BCUT2D eigenvalue weighted by molar-refractivity contribution is 5.80. The van der Waals surface area contributed by atoms with Crippen molar-refractivity contribution in [3.63, 3.8) is 0 Å². The van der Waals surface area contributed by atoms with Gasteiger partial charge in [-0.25, -0.2) is 0 Å². The van der Waals surface area contributed by atoms with E-state index >= 15 is 0 Å². The zero-order chi connectivity index (χ0) is 20.1. The van der Waals surface area contributed by atoms with Crippen LogP contribution in [0.1, 0.15) is 12.5 Å². The highest BCUT2D eigenvalue weighted by Gasteiger charge is 2.08. The third-order valence-electron chi connectivity index (χ3n) is 4.68. The molecule has 0 amide bonds. The quantitative estimate of drug-likeness (QED) is 0.433. The first kappa shape index (κ1) is 18.8. The van der Waals surface area contributed by atoms with E-state index in [0.29, 0.717) is 13.2 Å². The van der Waals surface area contributed by atoms with Crippen LogP contribution in [0.25, 0.3) is 22.3 Å². The molecular formula is C25H23NO3. The number of rotatable bonds is 6. The number of hydrogen-bond acceptors (Lipinski definition) is 4. The van der Waals surface area contributed by atoms with Crippen molar-refractivity contribution in [2.75, 3.05) is 13.7 Å². The van der Waals surface area contributed by atoms with Crippen LogP contribution in [0.5, 0.6) is 11.5 Å². The standard InChI is InChI=1S/C25H23NO3/c1-3-28-21-13-14-24-22(15-21)23(26-17-18-7-5-4-6-8-18)16-25(29-24)19-9-11-20(27-2)12-10-19/h4-16H,3,17H2,1-2H3. The maximum absolute atomic E-state index is 6.19. The van der Waals surface area contributed by atoms with E-state index in [1.165, 1.54) is 0 Å². The van der Waals surface area contributed by atoms with Gasteiger partial charge in [-0.3, -0.25) is 4.99 Å². The second-order valence-corrected chi connectivity index (χ2v) is 6.62. The van der Waals surface area contributed by atoms with E-state index in [9.17, 15) is 0 Å². The molecule has 1 aromatic heterocycles. The number of hydrogen-bond donors (Lipinski definition) is 0. The minimum atomic E-state index is 0.598. The van der Waals surface area contributed by atoms with Gasteiger partial charge in [-0.05, 0) is 55.0 Å². The van der Waals surface area contributed by atoms with Crippen molar-refractivity contribution in [2.45, 2.75) is 13.5 Å².